The lowest BCUT2D eigenvalue weighted by Gasteiger charge is -2.32. The van der Waals surface area contributed by atoms with Gasteiger partial charge in [0.05, 0.1) is 5.92 Å². The Balaban J connectivity index is 1.39. The Bertz CT molecular complexity index is 520. The van der Waals surface area contributed by atoms with Crippen molar-refractivity contribution in [2.75, 3.05) is 64.8 Å². The Morgan fingerprint density at radius 1 is 1.25 bits per heavy atom. The Morgan fingerprint density at radius 3 is 2.67 bits per heavy atom. The van der Waals surface area contributed by atoms with Gasteiger partial charge in [0.1, 0.15) is 12.4 Å². The fraction of sp³-hybridized carbons (Fsp3) is 0.611. The van der Waals surface area contributed by atoms with E-state index in [2.05, 4.69) is 27.5 Å². The molecule has 0 saturated carbocycles. The van der Waals surface area contributed by atoms with Crippen LogP contribution >= 0.6 is 0 Å². The highest BCUT2D eigenvalue weighted by molar-refractivity contribution is 5.92. The van der Waals surface area contributed by atoms with Crippen LogP contribution in [0.5, 0.6) is 5.75 Å². The predicted molar refractivity (Wildman–Crippen MR) is 95.5 cm³/mol. The number of nitrogens with zero attached hydrogens (tertiary/aromatic N) is 2. The molecule has 1 atom stereocenters. The fourth-order valence-electron chi connectivity index (χ4n) is 3.12. The minimum Gasteiger partial charge on any atom is -0.492 e. The summed E-state index contributed by atoms with van der Waals surface area (Å²) in [5, 5.41) is 6.19. The van der Waals surface area contributed by atoms with Crippen molar-refractivity contribution in [2.24, 2.45) is 5.92 Å². The SMILES string of the molecule is CN1CCN(CCOc2ccc(NC(=O)C3CCNC3)cc2)CC1. The summed E-state index contributed by atoms with van der Waals surface area (Å²) in [6.07, 6.45) is 0.916. The third kappa shape index (κ3) is 4.93. The number of hydrogen-bond donors (Lipinski definition) is 2. The normalized spacial score (nSPS) is 22.5. The lowest BCUT2D eigenvalue weighted by atomic mass is 10.1. The summed E-state index contributed by atoms with van der Waals surface area (Å²) in [4.78, 5) is 16.9. The maximum Gasteiger partial charge on any atom is 0.228 e. The van der Waals surface area contributed by atoms with Gasteiger partial charge in [-0.25, -0.2) is 0 Å². The summed E-state index contributed by atoms with van der Waals surface area (Å²) >= 11 is 0. The number of nitrogens with one attached hydrogen (secondary N) is 2. The standard InChI is InChI=1S/C18H28N4O2/c1-21-8-10-22(11-9-21)12-13-24-17-4-2-16(3-5-17)20-18(23)15-6-7-19-14-15/h2-5,15,19H,6-14H2,1H3,(H,20,23). The molecule has 132 valence electrons. The van der Waals surface area contributed by atoms with Crippen molar-refractivity contribution < 1.29 is 9.53 Å². The van der Waals surface area contributed by atoms with Crippen LogP contribution in [-0.4, -0.2) is 75.2 Å². The number of carbonyl (C=O) groups excluding carboxylic acids is 1. The van der Waals surface area contributed by atoms with Gasteiger partial charge in [-0.05, 0) is 44.3 Å². The van der Waals surface area contributed by atoms with Crippen LogP contribution in [0.3, 0.4) is 0 Å². The first kappa shape index (κ1) is 17.2. The molecule has 24 heavy (non-hydrogen) atoms. The summed E-state index contributed by atoms with van der Waals surface area (Å²) in [5.74, 6) is 1.04. The average molecular weight is 332 g/mol. The number of piperazine rings is 1. The van der Waals surface area contributed by atoms with Crippen molar-refractivity contribution >= 4 is 11.6 Å². The van der Waals surface area contributed by atoms with Gasteiger partial charge in [-0.1, -0.05) is 0 Å². The number of rotatable bonds is 6. The van der Waals surface area contributed by atoms with E-state index in [4.69, 9.17) is 4.74 Å². The summed E-state index contributed by atoms with van der Waals surface area (Å²) in [5.41, 5.74) is 0.832. The van der Waals surface area contributed by atoms with E-state index in [1.165, 1.54) is 0 Å². The maximum atomic E-state index is 12.1. The number of benzene rings is 1. The lowest BCUT2D eigenvalue weighted by Crippen LogP contribution is -2.45. The van der Waals surface area contributed by atoms with Crippen LogP contribution < -0.4 is 15.4 Å². The van der Waals surface area contributed by atoms with Gasteiger partial charge < -0.3 is 20.3 Å². The first-order valence-electron chi connectivity index (χ1n) is 8.86. The highest BCUT2D eigenvalue weighted by Gasteiger charge is 2.22. The topological polar surface area (TPSA) is 56.8 Å². The highest BCUT2D eigenvalue weighted by Crippen LogP contribution is 2.17. The summed E-state index contributed by atoms with van der Waals surface area (Å²) in [6.45, 7) is 7.85. The van der Waals surface area contributed by atoms with Crippen LogP contribution in [0.25, 0.3) is 0 Å². The number of likely N-dealkylation sites (N-methyl/N-ethyl adjacent to an activating group) is 1. The molecule has 2 N–H and O–H groups in total. The van der Waals surface area contributed by atoms with Gasteiger partial charge in [-0.15, -0.1) is 0 Å². The molecule has 1 unspecified atom stereocenters. The van der Waals surface area contributed by atoms with Gasteiger partial charge in [0.15, 0.2) is 0 Å². The second-order valence-electron chi connectivity index (χ2n) is 6.70. The Labute approximate surface area is 144 Å². The maximum absolute atomic E-state index is 12.1. The lowest BCUT2D eigenvalue weighted by molar-refractivity contribution is -0.119. The van der Waals surface area contributed by atoms with Crippen LogP contribution in [-0.2, 0) is 4.79 Å². The van der Waals surface area contributed by atoms with E-state index in [1.54, 1.807) is 0 Å². The third-order valence-electron chi connectivity index (χ3n) is 4.83. The third-order valence-corrected chi connectivity index (χ3v) is 4.83. The molecular formula is C18H28N4O2. The first-order valence-corrected chi connectivity index (χ1v) is 8.86. The monoisotopic (exact) mass is 332 g/mol. The van der Waals surface area contributed by atoms with E-state index < -0.39 is 0 Å². The number of ether oxygens (including phenoxy) is 1. The van der Waals surface area contributed by atoms with Crippen molar-refractivity contribution in [1.82, 2.24) is 15.1 Å². The molecule has 0 aromatic heterocycles. The molecule has 0 bridgehead atoms. The molecule has 2 saturated heterocycles. The summed E-state index contributed by atoms with van der Waals surface area (Å²) < 4.78 is 5.82. The molecule has 2 aliphatic rings. The van der Waals surface area contributed by atoms with E-state index in [1.807, 2.05) is 24.3 Å². The van der Waals surface area contributed by atoms with Crippen molar-refractivity contribution in [2.45, 2.75) is 6.42 Å². The molecule has 3 rings (SSSR count). The Morgan fingerprint density at radius 2 is 2.00 bits per heavy atom. The van der Waals surface area contributed by atoms with Gasteiger partial charge in [0, 0.05) is 45.0 Å². The zero-order valence-electron chi connectivity index (χ0n) is 14.5. The zero-order chi connectivity index (χ0) is 16.8. The molecule has 0 spiro atoms. The van der Waals surface area contributed by atoms with Crippen molar-refractivity contribution in [3.05, 3.63) is 24.3 Å². The fourth-order valence-corrected chi connectivity index (χ4v) is 3.12. The molecule has 1 aromatic carbocycles. The molecule has 2 fully saturated rings. The van der Waals surface area contributed by atoms with E-state index in [0.717, 1.165) is 63.7 Å². The Kier molecular flexibility index (Phi) is 6.07. The average Bonchev–Trinajstić information content (AvgIpc) is 3.13. The minimum atomic E-state index is 0.0875. The summed E-state index contributed by atoms with van der Waals surface area (Å²) in [7, 11) is 2.16. The van der Waals surface area contributed by atoms with Gasteiger partial charge in [0.2, 0.25) is 5.91 Å². The smallest absolute Gasteiger partial charge is 0.228 e. The molecule has 6 heteroatoms. The van der Waals surface area contributed by atoms with E-state index in [9.17, 15) is 4.79 Å². The summed E-state index contributed by atoms with van der Waals surface area (Å²) in [6, 6.07) is 7.66. The minimum absolute atomic E-state index is 0.0875. The number of amides is 1. The second-order valence-corrected chi connectivity index (χ2v) is 6.70. The molecular weight excluding hydrogens is 304 g/mol. The highest BCUT2D eigenvalue weighted by atomic mass is 16.5. The molecule has 2 aliphatic heterocycles. The molecule has 2 heterocycles. The van der Waals surface area contributed by atoms with Crippen LogP contribution in [0.4, 0.5) is 5.69 Å². The van der Waals surface area contributed by atoms with Crippen LogP contribution in [0.15, 0.2) is 24.3 Å². The largest absolute Gasteiger partial charge is 0.492 e. The van der Waals surface area contributed by atoms with E-state index in [0.29, 0.717) is 6.61 Å². The number of anilines is 1. The van der Waals surface area contributed by atoms with Crippen molar-refractivity contribution in [3.63, 3.8) is 0 Å². The molecule has 0 radical (unpaired) electrons. The first-order chi connectivity index (χ1) is 11.7. The van der Waals surface area contributed by atoms with Gasteiger partial charge in [-0.3, -0.25) is 9.69 Å². The van der Waals surface area contributed by atoms with Crippen LogP contribution in [0.2, 0.25) is 0 Å². The second kappa shape index (κ2) is 8.46. The Hall–Kier alpha value is -1.63. The molecule has 1 amide bonds. The van der Waals surface area contributed by atoms with E-state index >= 15 is 0 Å². The van der Waals surface area contributed by atoms with Gasteiger partial charge in [-0.2, -0.15) is 0 Å². The number of hydrogen-bond acceptors (Lipinski definition) is 5. The van der Waals surface area contributed by atoms with Gasteiger partial charge >= 0.3 is 0 Å². The van der Waals surface area contributed by atoms with Crippen molar-refractivity contribution in [1.29, 1.82) is 0 Å². The van der Waals surface area contributed by atoms with Crippen LogP contribution in [0.1, 0.15) is 6.42 Å². The molecule has 0 aliphatic carbocycles. The molecule has 6 nitrogen and oxygen atoms in total. The molecule has 1 aromatic rings. The van der Waals surface area contributed by atoms with Gasteiger partial charge in [0.25, 0.3) is 0 Å². The van der Waals surface area contributed by atoms with E-state index in [-0.39, 0.29) is 11.8 Å². The van der Waals surface area contributed by atoms with Crippen LogP contribution in [0, 0.1) is 5.92 Å². The quantitative estimate of drug-likeness (QED) is 0.809. The predicted octanol–water partition coefficient (Wildman–Crippen LogP) is 0.861. The zero-order valence-corrected chi connectivity index (χ0v) is 14.5. The number of carbonyl (C=O) groups is 1. The van der Waals surface area contributed by atoms with Crippen molar-refractivity contribution in [3.8, 4) is 5.75 Å².